The predicted molar refractivity (Wildman–Crippen MR) is 83.7 cm³/mol. The Balaban J connectivity index is 1.72. The Morgan fingerprint density at radius 1 is 1.05 bits per heavy atom. The predicted octanol–water partition coefficient (Wildman–Crippen LogP) is 4.04. The lowest BCUT2D eigenvalue weighted by Crippen LogP contribution is -2.19. The first kappa shape index (κ1) is 12.6. The highest BCUT2D eigenvalue weighted by molar-refractivity contribution is 5.55. The molecule has 0 saturated carbocycles. The largest absolute Gasteiger partial charge is 0.369 e. The van der Waals surface area contributed by atoms with Crippen LogP contribution in [0, 0.1) is 11.8 Å². The summed E-state index contributed by atoms with van der Waals surface area (Å²) in [7, 11) is 0. The van der Waals surface area contributed by atoms with Crippen molar-refractivity contribution in [2.75, 3.05) is 0 Å². The number of nitrogens with zero attached hydrogens (tertiary/aromatic N) is 1. The Hall–Kier alpha value is -2.46. The molecule has 0 aromatic heterocycles. The molecule has 0 bridgehead atoms. The van der Waals surface area contributed by atoms with Crippen molar-refractivity contribution in [2.24, 2.45) is 0 Å². The van der Waals surface area contributed by atoms with E-state index >= 15 is 0 Å². The molecule has 0 aliphatic carbocycles. The second-order valence-corrected chi connectivity index (χ2v) is 4.99. The Morgan fingerprint density at radius 2 is 1.85 bits per heavy atom. The first-order valence-corrected chi connectivity index (χ1v) is 6.87. The lowest BCUT2D eigenvalue weighted by molar-refractivity contribution is 0.359. The Bertz CT molecular complexity index is 684. The third kappa shape index (κ3) is 2.75. The van der Waals surface area contributed by atoms with Crippen molar-refractivity contribution in [1.82, 2.24) is 4.90 Å². The molecule has 1 aliphatic rings. The molecule has 0 amide bonds. The summed E-state index contributed by atoms with van der Waals surface area (Å²) >= 11 is 0. The zero-order chi connectivity index (χ0) is 13.8. The van der Waals surface area contributed by atoms with E-state index in [9.17, 15) is 0 Å². The van der Waals surface area contributed by atoms with Gasteiger partial charge in [0.15, 0.2) is 0 Å². The molecule has 0 radical (unpaired) electrons. The van der Waals surface area contributed by atoms with Gasteiger partial charge in [-0.05, 0) is 41.8 Å². The van der Waals surface area contributed by atoms with Gasteiger partial charge in [0.1, 0.15) is 0 Å². The van der Waals surface area contributed by atoms with Crippen LogP contribution in [0.4, 0.5) is 0 Å². The van der Waals surface area contributed by atoms with E-state index in [2.05, 4.69) is 77.5 Å². The van der Waals surface area contributed by atoms with E-state index in [1.165, 1.54) is 16.7 Å². The van der Waals surface area contributed by atoms with Crippen molar-refractivity contribution in [1.29, 1.82) is 0 Å². The minimum Gasteiger partial charge on any atom is -0.369 e. The van der Waals surface area contributed by atoms with Crippen molar-refractivity contribution >= 4 is 6.08 Å². The average Bonchev–Trinajstić information content (AvgIpc) is 2.49. The quantitative estimate of drug-likeness (QED) is 0.736. The van der Waals surface area contributed by atoms with Gasteiger partial charge >= 0.3 is 0 Å². The van der Waals surface area contributed by atoms with Crippen molar-refractivity contribution < 1.29 is 0 Å². The van der Waals surface area contributed by atoms with E-state index in [0.717, 1.165) is 18.7 Å². The molecule has 1 heteroatoms. The summed E-state index contributed by atoms with van der Waals surface area (Å²) in [6, 6.07) is 17.1. The zero-order valence-corrected chi connectivity index (χ0v) is 11.6. The summed E-state index contributed by atoms with van der Waals surface area (Å²) in [5, 5.41) is 0. The van der Waals surface area contributed by atoms with Gasteiger partial charge in [0.05, 0.1) is 0 Å². The fourth-order valence-electron chi connectivity index (χ4n) is 2.48. The van der Waals surface area contributed by atoms with Gasteiger partial charge in [-0.1, -0.05) is 42.3 Å². The molecule has 0 atom stereocenters. The third-order valence-corrected chi connectivity index (χ3v) is 3.50. The standard InChI is InChI=1S/C19H17N/c1-2-5-16-8-10-17(11-9-16)14-20-13-12-18-6-3-4-7-19(18)15-20/h3-4,6-13H,14-15H2,1H3. The highest BCUT2D eigenvalue weighted by Crippen LogP contribution is 2.20. The number of rotatable bonds is 2. The van der Waals surface area contributed by atoms with Crippen molar-refractivity contribution in [3.63, 3.8) is 0 Å². The van der Waals surface area contributed by atoms with Crippen LogP contribution in [0.3, 0.4) is 0 Å². The minimum absolute atomic E-state index is 0.935. The lowest BCUT2D eigenvalue weighted by atomic mass is 10.0. The van der Waals surface area contributed by atoms with Crippen LogP contribution in [0.15, 0.2) is 54.7 Å². The average molecular weight is 259 g/mol. The topological polar surface area (TPSA) is 3.24 Å². The first-order valence-electron chi connectivity index (χ1n) is 6.87. The Labute approximate surface area is 120 Å². The molecule has 0 N–H and O–H groups in total. The molecular formula is C19H17N. The summed E-state index contributed by atoms with van der Waals surface area (Å²) in [4.78, 5) is 2.34. The molecule has 98 valence electrons. The normalized spacial score (nSPS) is 12.6. The van der Waals surface area contributed by atoms with Gasteiger partial charge < -0.3 is 4.90 Å². The molecule has 2 aromatic carbocycles. The van der Waals surface area contributed by atoms with E-state index in [0.29, 0.717) is 0 Å². The van der Waals surface area contributed by atoms with Crippen LogP contribution in [-0.4, -0.2) is 4.90 Å². The van der Waals surface area contributed by atoms with Crippen LogP contribution < -0.4 is 0 Å². The number of benzene rings is 2. The second kappa shape index (κ2) is 5.67. The van der Waals surface area contributed by atoms with E-state index in [-0.39, 0.29) is 0 Å². The van der Waals surface area contributed by atoms with E-state index < -0.39 is 0 Å². The summed E-state index contributed by atoms with van der Waals surface area (Å²) in [6.45, 7) is 3.78. The summed E-state index contributed by atoms with van der Waals surface area (Å²) in [5.41, 5.74) is 5.12. The van der Waals surface area contributed by atoms with Crippen molar-refractivity contribution in [2.45, 2.75) is 20.0 Å². The van der Waals surface area contributed by atoms with Gasteiger partial charge in [-0.2, -0.15) is 0 Å². The molecule has 1 aliphatic heterocycles. The van der Waals surface area contributed by atoms with E-state index in [1.807, 2.05) is 6.92 Å². The van der Waals surface area contributed by atoms with Crippen LogP contribution >= 0.6 is 0 Å². The van der Waals surface area contributed by atoms with Crippen molar-refractivity contribution in [3.05, 3.63) is 77.0 Å². The molecule has 0 unspecified atom stereocenters. The maximum absolute atomic E-state index is 3.07. The van der Waals surface area contributed by atoms with Gasteiger partial charge in [0, 0.05) is 24.9 Å². The van der Waals surface area contributed by atoms with Crippen LogP contribution in [-0.2, 0) is 13.1 Å². The Morgan fingerprint density at radius 3 is 2.65 bits per heavy atom. The van der Waals surface area contributed by atoms with Crippen LogP contribution in [0.5, 0.6) is 0 Å². The summed E-state index contributed by atoms with van der Waals surface area (Å²) in [5.74, 6) is 6.00. The molecule has 3 rings (SSSR count). The summed E-state index contributed by atoms with van der Waals surface area (Å²) in [6.07, 6.45) is 4.37. The maximum Gasteiger partial charge on any atom is 0.0433 e. The van der Waals surface area contributed by atoms with Gasteiger partial charge in [-0.25, -0.2) is 0 Å². The molecular weight excluding hydrogens is 242 g/mol. The third-order valence-electron chi connectivity index (χ3n) is 3.50. The van der Waals surface area contributed by atoms with Gasteiger partial charge in [0.2, 0.25) is 0 Å². The minimum atomic E-state index is 0.935. The molecule has 1 nitrogen and oxygen atoms in total. The second-order valence-electron chi connectivity index (χ2n) is 4.99. The lowest BCUT2D eigenvalue weighted by Gasteiger charge is -2.25. The fourth-order valence-corrected chi connectivity index (χ4v) is 2.48. The molecule has 0 saturated heterocycles. The molecule has 0 spiro atoms. The highest BCUT2D eigenvalue weighted by Gasteiger charge is 2.09. The first-order chi connectivity index (χ1) is 9.85. The maximum atomic E-state index is 3.07. The fraction of sp³-hybridized carbons (Fsp3) is 0.158. The molecule has 1 heterocycles. The highest BCUT2D eigenvalue weighted by atomic mass is 15.1. The smallest absolute Gasteiger partial charge is 0.0433 e. The van der Waals surface area contributed by atoms with Gasteiger partial charge in [-0.3, -0.25) is 0 Å². The SMILES string of the molecule is CC#Cc1ccc(CN2C=Cc3ccccc3C2)cc1. The zero-order valence-electron chi connectivity index (χ0n) is 11.6. The van der Waals surface area contributed by atoms with Crippen molar-refractivity contribution in [3.8, 4) is 11.8 Å². The Kier molecular flexibility index (Phi) is 3.56. The van der Waals surface area contributed by atoms with Gasteiger partial charge in [0.25, 0.3) is 0 Å². The summed E-state index contributed by atoms with van der Waals surface area (Å²) < 4.78 is 0. The molecule has 20 heavy (non-hydrogen) atoms. The number of hydrogen-bond acceptors (Lipinski definition) is 1. The van der Waals surface area contributed by atoms with Gasteiger partial charge in [-0.15, -0.1) is 5.92 Å². The van der Waals surface area contributed by atoms with Crippen LogP contribution in [0.2, 0.25) is 0 Å². The molecule has 2 aromatic rings. The number of hydrogen-bond donors (Lipinski definition) is 0. The van der Waals surface area contributed by atoms with Crippen LogP contribution in [0.1, 0.15) is 29.2 Å². The number of fused-ring (bicyclic) bond motifs is 1. The van der Waals surface area contributed by atoms with Crippen LogP contribution in [0.25, 0.3) is 6.08 Å². The van der Waals surface area contributed by atoms with E-state index in [4.69, 9.17) is 0 Å². The monoisotopic (exact) mass is 259 g/mol. The van der Waals surface area contributed by atoms with E-state index in [1.54, 1.807) is 0 Å². The molecule has 0 fully saturated rings.